The van der Waals surface area contributed by atoms with Crippen LogP contribution in [0.5, 0.6) is 0 Å². The quantitative estimate of drug-likeness (QED) is 0.0197. The minimum Gasteiger partial charge on any atom is -0.462 e. The lowest BCUT2D eigenvalue weighted by Crippen LogP contribution is -2.30. The lowest BCUT2D eigenvalue weighted by atomic mass is 10.0. The van der Waals surface area contributed by atoms with E-state index in [0.29, 0.717) is 19.3 Å². The highest BCUT2D eigenvalue weighted by molar-refractivity contribution is 7.47. The number of carbonyl (C=O) groups is 3. The van der Waals surface area contributed by atoms with Crippen molar-refractivity contribution in [3.8, 4) is 0 Å². The lowest BCUT2D eigenvalue weighted by molar-refractivity contribution is -0.161. The Hall–Kier alpha value is -2.56. The number of allylic oxidation sites excluding steroid dienone is 8. The molecule has 0 aromatic rings. The minimum absolute atomic E-state index is 0.161. The first-order valence-electron chi connectivity index (χ1n) is 31.5. The van der Waals surface area contributed by atoms with Crippen molar-refractivity contribution in [1.29, 1.82) is 0 Å². The minimum atomic E-state index is -4.75. The average Bonchev–Trinajstić information content (AvgIpc) is 3.41. The van der Waals surface area contributed by atoms with Gasteiger partial charge in [-0.25, -0.2) is 4.57 Å². The number of hydrogen-bond acceptors (Lipinski definition) is 10. The van der Waals surface area contributed by atoms with Gasteiger partial charge in [0.25, 0.3) is 0 Å². The van der Waals surface area contributed by atoms with Crippen molar-refractivity contribution < 1.29 is 52.2 Å². The van der Waals surface area contributed by atoms with E-state index in [2.05, 4.69) is 69.4 Å². The van der Waals surface area contributed by atoms with Gasteiger partial charge in [-0.15, -0.1) is 0 Å². The fourth-order valence-electron chi connectivity index (χ4n) is 8.96. The van der Waals surface area contributed by atoms with E-state index in [1.807, 2.05) is 0 Å². The zero-order chi connectivity index (χ0) is 55.5. The van der Waals surface area contributed by atoms with E-state index in [1.54, 1.807) is 0 Å². The third kappa shape index (κ3) is 56.2. The Morgan fingerprint density at radius 3 is 1.07 bits per heavy atom. The number of hydrogen-bond donors (Lipinski definition) is 2. The molecule has 0 aromatic carbocycles. The van der Waals surface area contributed by atoms with Gasteiger partial charge >= 0.3 is 25.7 Å². The Balaban J connectivity index is 4.68. The number of phosphoric acid groups is 1. The highest BCUT2D eigenvalue weighted by atomic mass is 31.2. The third-order valence-corrected chi connectivity index (χ3v) is 14.7. The number of esters is 3. The summed E-state index contributed by atoms with van der Waals surface area (Å²) in [5, 5.41) is 9.85. The van der Waals surface area contributed by atoms with Crippen LogP contribution in [0, 0.1) is 0 Å². The van der Waals surface area contributed by atoms with Crippen molar-refractivity contribution in [2.75, 3.05) is 26.4 Å². The van der Waals surface area contributed by atoms with Gasteiger partial charge in [0.15, 0.2) is 6.10 Å². The van der Waals surface area contributed by atoms with E-state index in [-0.39, 0.29) is 25.9 Å². The molecule has 3 unspecified atom stereocenters. The largest absolute Gasteiger partial charge is 0.472 e. The molecule has 444 valence electrons. The van der Waals surface area contributed by atoms with Gasteiger partial charge in [0.05, 0.1) is 19.8 Å². The molecule has 0 aliphatic carbocycles. The maximum atomic E-state index is 12.9. The molecule has 0 saturated carbocycles. The van der Waals surface area contributed by atoms with Crippen LogP contribution in [0.3, 0.4) is 0 Å². The molecule has 0 aromatic heterocycles. The summed E-state index contributed by atoms with van der Waals surface area (Å²) in [6.45, 7) is 4.56. The van der Waals surface area contributed by atoms with Gasteiger partial charge in [-0.3, -0.25) is 23.4 Å². The first-order valence-corrected chi connectivity index (χ1v) is 33.0. The molecule has 0 bridgehead atoms. The van der Waals surface area contributed by atoms with Crippen molar-refractivity contribution in [3.63, 3.8) is 0 Å². The Kier molecular flexibility index (Phi) is 56.6. The maximum Gasteiger partial charge on any atom is 0.472 e. The van der Waals surface area contributed by atoms with Crippen LogP contribution in [-0.4, -0.2) is 66.5 Å². The molecule has 0 aliphatic heterocycles. The van der Waals surface area contributed by atoms with Gasteiger partial charge in [0.2, 0.25) is 0 Å². The number of unbranched alkanes of at least 4 members (excludes halogenated alkanes) is 34. The first-order chi connectivity index (χ1) is 37.2. The van der Waals surface area contributed by atoms with Crippen LogP contribution in [0.25, 0.3) is 0 Å². The summed E-state index contributed by atoms with van der Waals surface area (Å²) in [7, 11) is -4.75. The number of carbonyl (C=O) groups excluding carboxylic acids is 3. The summed E-state index contributed by atoms with van der Waals surface area (Å²) in [6, 6.07) is 0. The molecule has 0 saturated heterocycles. The summed E-state index contributed by atoms with van der Waals surface area (Å²) < 4.78 is 39.6. The van der Waals surface area contributed by atoms with Gasteiger partial charge in [0, 0.05) is 19.3 Å². The van der Waals surface area contributed by atoms with Crippen LogP contribution < -0.4 is 0 Å². The average molecular weight is 1090 g/mol. The summed E-state index contributed by atoms with van der Waals surface area (Å²) in [4.78, 5) is 48.7. The maximum absolute atomic E-state index is 12.9. The zero-order valence-corrected chi connectivity index (χ0v) is 50.1. The van der Waals surface area contributed by atoms with Gasteiger partial charge < -0.3 is 24.2 Å². The van der Waals surface area contributed by atoms with Crippen molar-refractivity contribution >= 4 is 25.7 Å². The number of rotatable bonds is 59. The van der Waals surface area contributed by atoms with Crippen LogP contribution in [0.4, 0.5) is 0 Å². The van der Waals surface area contributed by atoms with Gasteiger partial charge in [-0.2, -0.15) is 0 Å². The first kappa shape index (κ1) is 73.4. The molecule has 0 aliphatic rings. The fraction of sp³-hybridized carbons (Fsp3) is 0.828. The SMILES string of the molecule is CC/C=C\C/C=C\C/C=C\CCCCCCCC(=O)OCC(COP(=O)(O)OCC(CO)OC(=O)CCCCCCCCCCCCCCCCCCC)OC(=O)CCCCCCCCC/C=C\CCCCCCCC. The molecule has 0 radical (unpaired) electrons. The molecule has 3 atom stereocenters. The van der Waals surface area contributed by atoms with E-state index < -0.39 is 57.8 Å². The molecule has 0 spiro atoms. The predicted octanol–water partition coefficient (Wildman–Crippen LogP) is 18.9. The van der Waals surface area contributed by atoms with Crippen molar-refractivity contribution in [1.82, 2.24) is 0 Å². The van der Waals surface area contributed by atoms with Gasteiger partial charge in [-0.05, 0) is 77.0 Å². The lowest BCUT2D eigenvalue weighted by Gasteiger charge is -2.21. The van der Waals surface area contributed by atoms with Crippen LogP contribution in [0.2, 0.25) is 0 Å². The Morgan fingerprint density at radius 2 is 0.684 bits per heavy atom. The molecule has 0 rings (SSSR count). The third-order valence-electron chi connectivity index (χ3n) is 13.7. The Bertz CT molecular complexity index is 1460. The summed E-state index contributed by atoms with van der Waals surface area (Å²) in [5.41, 5.74) is 0. The molecule has 2 N–H and O–H groups in total. The summed E-state index contributed by atoms with van der Waals surface area (Å²) >= 11 is 0. The Labute approximate surface area is 466 Å². The molecule has 0 fully saturated rings. The summed E-state index contributed by atoms with van der Waals surface area (Å²) in [5.74, 6) is -1.47. The molecule has 0 heterocycles. The normalized spacial score (nSPS) is 13.6. The highest BCUT2D eigenvalue weighted by Crippen LogP contribution is 2.43. The van der Waals surface area contributed by atoms with E-state index in [0.717, 1.165) is 96.3 Å². The van der Waals surface area contributed by atoms with Crippen LogP contribution in [0.1, 0.15) is 303 Å². The monoisotopic (exact) mass is 1090 g/mol. The number of aliphatic hydroxyl groups is 1. The molecule has 0 amide bonds. The van der Waals surface area contributed by atoms with Crippen LogP contribution in [-0.2, 0) is 42.2 Å². The molecular weight excluding hydrogens is 976 g/mol. The van der Waals surface area contributed by atoms with Crippen molar-refractivity contribution in [2.24, 2.45) is 0 Å². The van der Waals surface area contributed by atoms with E-state index in [4.69, 9.17) is 23.3 Å². The molecule has 12 heteroatoms. The second-order valence-corrected chi connectivity index (χ2v) is 22.7. The van der Waals surface area contributed by atoms with Crippen molar-refractivity contribution in [3.05, 3.63) is 48.6 Å². The molecule has 76 heavy (non-hydrogen) atoms. The van der Waals surface area contributed by atoms with E-state index in [9.17, 15) is 28.9 Å². The predicted molar refractivity (Wildman–Crippen MR) is 316 cm³/mol. The van der Waals surface area contributed by atoms with E-state index in [1.165, 1.54) is 148 Å². The number of ether oxygens (including phenoxy) is 3. The van der Waals surface area contributed by atoms with Crippen molar-refractivity contribution in [2.45, 2.75) is 315 Å². The van der Waals surface area contributed by atoms with Gasteiger partial charge in [-0.1, -0.05) is 256 Å². The topological polar surface area (TPSA) is 155 Å². The van der Waals surface area contributed by atoms with Crippen LogP contribution >= 0.6 is 7.82 Å². The number of phosphoric ester groups is 1. The Morgan fingerprint density at radius 1 is 0.382 bits per heavy atom. The fourth-order valence-corrected chi connectivity index (χ4v) is 9.74. The number of aliphatic hydroxyl groups excluding tert-OH is 1. The second kappa shape index (κ2) is 58.6. The second-order valence-electron chi connectivity index (χ2n) is 21.2. The standard InChI is InChI=1S/C64H117O11P/c1-4-7-10-13-16-19-22-25-28-30-33-36-39-42-45-48-51-54-63(67)74-60(56-65)58-72-76(69,70)73-59-61(57-71-62(66)53-50-47-44-41-38-35-32-27-24-21-18-15-12-9-6-3)75-64(68)55-52-49-46-43-40-37-34-31-29-26-23-20-17-14-11-8-5-2/h9,12,18,21,26-27,29,32,60-61,65H,4-8,10-11,13-17,19-20,22-25,28,30-31,33-59H2,1-3H3,(H,69,70)/b12-9-,21-18-,29-26-,32-27-. The van der Waals surface area contributed by atoms with E-state index >= 15 is 0 Å². The molecular formula is C64H117O11P. The molecule has 11 nitrogen and oxygen atoms in total. The zero-order valence-electron chi connectivity index (χ0n) is 49.2. The highest BCUT2D eigenvalue weighted by Gasteiger charge is 2.28. The smallest absolute Gasteiger partial charge is 0.462 e. The van der Waals surface area contributed by atoms with Gasteiger partial charge in [0.1, 0.15) is 12.7 Å². The van der Waals surface area contributed by atoms with Crippen LogP contribution in [0.15, 0.2) is 48.6 Å². The summed E-state index contributed by atoms with van der Waals surface area (Å²) in [6.07, 6.45) is 63.5.